The maximum Gasteiger partial charge on any atom is 0.253 e. The van der Waals surface area contributed by atoms with Gasteiger partial charge < -0.3 is 15.5 Å². The first-order valence-electron chi connectivity index (χ1n) is 10.2. The highest BCUT2D eigenvalue weighted by molar-refractivity contribution is 7.22. The molecule has 2 N–H and O–H groups in total. The Labute approximate surface area is 164 Å². The van der Waals surface area contributed by atoms with E-state index in [2.05, 4.69) is 14.8 Å². The summed E-state index contributed by atoms with van der Waals surface area (Å²) >= 11 is 1.46. The molecule has 1 aromatic heterocycles. The van der Waals surface area contributed by atoms with Crippen LogP contribution in [0.3, 0.4) is 0 Å². The summed E-state index contributed by atoms with van der Waals surface area (Å²) < 4.78 is 1.01. The summed E-state index contributed by atoms with van der Waals surface area (Å²) in [6, 6.07) is 3.96. The van der Waals surface area contributed by atoms with E-state index >= 15 is 0 Å². The lowest BCUT2D eigenvalue weighted by Crippen LogP contribution is -2.46. The Hall–Kier alpha value is -1.66. The van der Waals surface area contributed by atoms with Crippen molar-refractivity contribution in [2.75, 3.05) is 38.5 Å². The molecule has 3 heterocycles. The second-order valence-corrected chi connectivity index (χ2v) is 10.0. The average Bonchev–Trinajstić information content (AvgIpc) is 3.23. The fourth-order valence-corrected chi connectivity index (χ4v) is 5.94. The van der Waals surface area contributed by atoms with Gasteiger partial charge in [-0.1, -0.05) is 11.3 Å². The number of benzene rings is 1. The fraction of sp³-hybridized carbons (Fsp3) is 0.619. The Morgan fingerprint density at radius 2 is 2.15 bits per heavy atom. The molecule has 2 aliphatic heterocycles. The number of fused-ring (bicyclic) bond motifs is 1. The van der Waals surface area contributed by atoms with Crippen molar-refractivity contribution in [1.82, 2.24) is 14.8 Å². The minimum Gasteiger partial charge on any atom is -0.375 e. The molecule has 0 unspecified atom stereocenters. The van der Waals surface area contributed by atoms with Crippen molar-refractivity contribution in [3.63, 3.8) is 0 Å². The molecule has 144 valence electrons. The van der Waals surface area contributed by atoms with E-state index in [0.717, 1.165) is 46.8 Å². The van der Waals surface area contributed by atoms with Crippen molar-refractivity contribution in [2.24, 2.45) is 11.3 Å². The molecular weight excluding hydrogens is 356 g/mol. The number of carbonyl (C=O) groups excluding carboxylic acids is 1. The Kier molecular flexibility index (Phi) is 4.17. The first kappa shape index (κ1) is 17.4. The van der Waals surface area contributed by atoms with Gasteiger partial charge in [-0.2, -0.15) is 0 Å². The number of thiazole rings is 1. The van der Waals surface area contributed by atoms with E-state index in [9.17, 15) is 4.79 Å². The minimum atomic E-state index is 0.170. The zero-order chi connectivity index (χ0) is 18.6. The monoisotopic (exact) mass is 384 g/mol. The van der Waals surface area contributed by atoms with Gasteiger partial charge in [0, 0.05) is 37.2 Å². The molecule has 5 rings (SSSR count). The number of piperidine rings is 1. The molecule has 2 saturated heterocycles. The van der Waals surface area contributed by atoms with E-state index in [0.29, 0.717) is 10.5 Å². The van der Waals surface area contributed by atoms with Gasteiger partial charge >= 0.3 is 0 Å². The van der Waals surface area contributed by atoms with Crippen LogP contribution in [-0.2, 0) is 0 Å². The van der Waals surface area contributed by atoms with E-state index in [-0.39, 0.29) is 5.91 Å². The highest BCUT2D eigenvalue weighted by atomic mass is 32.1. The number of aromatic nitrogens is 1. The van der Waals surface area contributed by atoms with Gasteiger partial charge in [0.1, 0.15) is 0 Å². The maximum atomic E-state index is 13.2. The predicted octanol–water partition coefficient (Wildman–Crippen LogP) is 3.53. The number of nitrogens with two attached hydrogens (primary N) is 1. The van der Waals surface area contributed by atoms with Crippen LogP contribution in [0.1, 0.15) is 48.0 Å². The molecule has 1 spiro atoms. The van der Waals surface area contributed by atoms with E-state index in [4.69, 9.17) is 5.73 Å². The molecule has 3 fully saturated rings. The molecule has 1 atom stereocenters. The lowest BCUT2D eigenvalue weighted by molar-refractivity contribution is 0.0681. The van der Waals surface area contributed by atoms with Gasteiger partial charge in [0.2, 0.25) is 0 Å². The molecular formula is C21H28N4OS. The normalized spacial score (nSPS) is 26.3. The summed E-state index contributed by atoms with van der Waals surface area (Å²) in [5.41, 5.74) is 8.92. The highest BCUT2D eigenvalue weighted by Gasteiger charge is 2.43. The molecule has 6 heteroatoms. The van der Waals surface area contributed by atoms with Crippen LogP contribution in [0.5, 0.6) is 0 Å². The van der Waals surface area contributed by atoms with Gasteiger partial charge in [0.15, 0.2) is 5.13 Å². The SMILES string of the molecule is Cc1cc(C(=O)N2CC[C@]3(CCCN(CC4CC4)C3)C2)cc2sc(N)nc12. The number of hydrogen-bond donors (Lipinski definition) is 1. The van der Waals surface area contributed by atoms with Crippen molar-refractivity contribution >= 4 is 32.6 Å². The molecule has 2 aromatic rings. The lowest BCUT2D eigenvalue weighted by Gasteiger charge is -2.40. The summed E-state index contributed by atoms with van der Waals surface area (Å²) in [4.78, 5) is 22.4. The smallest absolute Gasteiger partial charge is 0.253 e. The molecule has 0 radical (unpaired) electrons. The van der Waals surface area contributed by atoms with Crippen LogP contribution >= 0.6 is 11.3 Å². The Morgan fingerprint density at radius 3 is 2.96 bits per heavy atom. The van der Waals surface area contributed by atoms with Crippen molar-refractivity contribution in [1.29, 1.82) is 0 Å². The van der Waals surface area contributed by atoms with Crippen molar-refractivity contribution in [3.8, 4) is 0 Å². The van der Waals surface area contributed by atoms with Gasteiger partial charge in [-0.15, -0.1) is 0 Å². The summed E-state index contributed by atoms with van der Waals surface area (Å²) in [6.07, 6.45) is 6.52. The zero-order valence-electron chi connectivity index (χ0n) is 16.0. The van der Waals surface area contributed by atoms with Crippen LogP contribution in [0.15, 0.2) is 12.1 Å². The number of nitrogens with zero attached hydrogens (tertiary/aromatic N) is 3. The van der Waals surface area contributed by atoms with Gasteiger partial charge in [0.25, 0.3) is 5.91 Å². The second kappa shape index (κ2) is 6.45. The van der Waals surface area contributed by atoms with Crippen LogP contribution in [0, 0.1) is 18.3 Å². The van der Waals surface area contributed by atoms with Crippen LogP contribution < -0.4 is 5.73 Å². The number of nitrogen functional groups attached to an aromatic ring is 1. The van der Waals surface area contributed by atoms with Crippen LogP contribution in [-0.4, -0.2) is 53.4 Å². The Bertz CT molecular complexity index is 890. The van der Waals surface area contributed by atoms with Crippen LogP contribution in [0.2, 0.25) is 0 Å². The quantitative estimate of drug-likeness (QED) is 0.879. The standard InChI is InChI=1S/C21H28N4OS/c1-14-9-16(10-17-18(14)23-20(22)27-17)19(26)25-8-6-21(13-25)5-2-7-24(12-21)11-15-3-4-15/h9-10,15H,2-8,11-13H2,1H3,(H2,22,23)/t21-/m0/s1. The molecule has 27 heavy (non-hydrogen) atoms. The average molecular weight is 385 g/mol. The molecule has 1 saturated carbocycles. The van der Waals surface area contributed by atoms with Crippen molar-refractivity contribution in [2.45, 2.75) is 39.0 Å². The maximum absolute atomic E-state index is 13.2. The number of anilines is 1. The third-order valence-electron chi connectivity index (χ3n) is 6.63. The van der Waals surface area contributed by atoms with Gasteiger partial charge in [-0.3, -0.25) is 4.79 Å². The van der Waals surface area contributed by atoms with E-state index in [1.807, 2.05) is 19.1 Å². The van der Waals surface area contributed by atoms with Crippen LogP contribution in [0.25, 0.3) is 10.2 Å². The van der Waals surface area contributed by atoms with E-state index < -0.39 is 0 Å². The minimum absolute atomic E-state index is 0.170. The molecule has 1 aromatic carbocycles. The lowest BCUT2D eigenvalue weighted by atomic mass is 9.79. The third kappa shape index (κ3) is 3.34. The second-order valence-electron chi connectivity index (χ2n) is 8.95. The van der Waals surface area contributed by atoms with Crippen molar-refractivity contribution in [3.05, 3.63) is 23.3 Å². The largest absolute Gasteiger partial charge is 0.375 e. The topological polar surface area (TPSA) is 62.5 Å². The zero-order valence-corrected chi connectivity index (χ0v) is 16.9. The number of amides is 1. The molecule has 1 amide bonds. The predicted molar refractivity (Wildman–Crippen MR) is 110 cm³/mol. The molecule has 1 aliphatic carbocycles. The van der Waals surface area contributed by atoms with Gasteiger partial charge in [-0.25, -0.2) is 4.98 Å². The number of aryl methyl sites for hydroxylation is 1. The van der Waals surface area contributed by atoms with E-state index in [1.54, 1.807) is 0 Å². The fourth-order valence-electron chi connectivity index (χ4n) is 5.09. The van der Waals surface area contributed by atoms with Gasteiger partial charge in [0.05, 0.1) is 10.2 Å². The first-order chi connectivity index (χ1) is 13.0. The Balaban J connectivity index is 1.32. The molecule has 0 bridgehead atoms. The Morgan fingerprint density at radius 1 is 1.30 bits per heavy atom. The van der Waals surface area contributed by atoms with Crippen LogP contribution in [0.4, 0.5) is 5.13 Å². The number of likely N-dealkylation sites (tertiary alicyclic amines) is 2. The third-order valence-corrected chi connectivity index (χ3v) is 7.46. The number of hydrogen-bond acceptors (Lipinski definition) is 5. The summed E-state index contributed by atoms with van der Waals surface area (Å²) in [5, 5.41) is 0.566. The van der Waals surface area contributed by atoms with E-state index in [1.165, 1.54) is 56.7 Å². The number of rotatable bonds is 3. The first-order valence-corrected chi connectivity index (χ1v) is 11.0. The molecule has 3 aliphatic rings. The molecule has 5 nitrogen and oxygen atoms in total. The number of carbonyl (C=O) groups is 1. The summed E-state index contributed by atoms with van der Waals surface area (Å²) in [6.45, 7) is 7.51. The summed E-state index contributed by atoms with van der Waals surface area (Å²) in [5.74, 6) is 1.11. The van der Waals surface area contributed by atoms with Crippen molar-refractivity contribution < 1.29 is 4.79 Å². The summed E-state index contributed by atoms with van der Waals surface area (Å²) in [7, 11) is 0. The highest BCUT2D eigenvalue weighted by Crippen LogP contribution is 2.41. The van der Waals surface area contributed by atoms with Gasteiger partial charge in [-0.05, 0) is 69.2 Å².